The molecule has 1 unspecified atom stereocenters. The fourth-order valence-electron chi connectivity index (χ4n) is 9.73. The number of rotatable bonds is 63. The topological polar surface area (TPSA) is 78.9 Å². The third-order valence-corrected chi connectivity index (χ3v) is 15.0. The molecule has 0 bridgehead atoms. The summed E-state index contributed by atoms with van der Waals surface area (Å²) in [6.07, 6.45) is 98.2. The van der Waals surface area contributed by atoms with Crippen LogP contribution in [0.15, 0.2) is 122 Å². The predicted octanol–water partition coefficient (Wildman–Crippen LogP) is 24.3. The van der Waals surface area contributed by atoms with Crippen molar-refractivity contribution >= 4 is 17.9 Å². The number of carbonyl (C=O) groups excluding carboxylic acids is 3. The Bertz CT molecular complexity index is 1700. The number of hydrogen-bond donors (Lipinski definition) is 0. The first-order chi connectivity index (χ1) is 41.0. The van der Waals surface area contributed by atoms with Gasteiger partial charge in [-0.05, 0) is 116 Å². The summed E-state index contributed by atoms with van der Waals surface area (Å²) < 4.78 is 16.9. The van der Waals surface area contributed by atoms with Crippen molar-refractivity contribution in [3.05, 3.63) is 122 Å². The number of unbranched alkanes of at least 4 members (excludes halogenated alkanes) is 32. The Labute approximate surface area is 513 Å². The third-order valence-electron chi connectivity index (χ3n) is 15.0. The van der Waals surface area contributed by atoms with Crippen LogP contribution in [0.3, 0.4) is 0 Å². The van der Waals surface area contributed by atoms with Crippen molar-refractivity contribution in [3.63, 3.8) is 0 Å². The maximum absolute atomic E-state index is 12.9. The molecule has 0 aromatic rings. The van der Waals surface area contributed by atoms with Crippen molar-refractivity contribution in [1.29, 1.82) is 0 Å². The van der Waals surface area contributed by atoms with Crippen LogP contribution in [0, 0.1) is 0 Å². The summed E-state index contributed by atoms with van der Waals surface area (Å²) in [4.78, 5) is 38.2. The van der Waals surface area contributed by atoms with Gasteiger partial charge in [-0.15, -0.1) is 0 Å². The number of carbonyl (C=O) groups is 3. The predicted molar refractivity (Wildman–Crippen MR) is 362 cm³/mol. The van der Waals surface area contributed by atoms with Crippen molar-refractivity contribution in [2.45, 2.75) is 335 Å². The summed E-state index contributed by atoms with van der Waals surface area (Å²) in [6.45, 7) is 6.48. The van der Waals surface area contributed by atoms with Crippen LogP contribution >= 0.6 is 0 Å². The highest BCUT2D eigenvalue weighted by Gasteiger charge is 2.19. The van der Waals surface area contributed by atoms with Gasteiger partial charge in [-0.1, -0.05) is 316 Å². The van der Waals surface area contributed by atoms with Crippen molar-refractivity contribution in [2.24, 2.45) is 0 Å². The summed E-state index contributed by atoms with van der Waals surface area (Å²) in [7, 11) is 0. The van der Waals surface area contributed by atoms with Crippen LogP contribution in [0.1, 0.15) is 329 Å². The molecular weight excluding hydrogens is 1020 g/mol. The molecule has 6 heteroatoms. The zero-order valence-corrected chi connectivity index (χ0v) is 54.4. The van der Waals surface area contributed by atoms with E-state index in [0.29, 0.717) is 19.3 Å². The average Bonchev–Trinajstić information content (AvgIpc) is 3.49. The van der Waals surface area contributed by atoms with Crippen LogP contribution in [0.5, 0.6) is 0 Å². The van der Waals surface area contributed by atoms with E-state index in [4.69, 9.17) is 14.2 Å². The number of esters is 3. The molecule has 83 heavy (non-hydrogen) atoms. The molecule has 6 nitrogen and oxygen atoms in total. The summed E-state index contributed by atoms with van der Waals surface area (Å²) in [5.41, 5.74) is 0. The van der Waals surface area contributed by atoms with E-state index in [2.05, 4.69) is 142 Å². The van der Waals surface area contributed by atoms with Gasteiger partial charge in [-0.2, -0.15) is 0 Å². The minimum absolute atomic E-state index is 0.0813. The second-order valence-corrected chi connectivity index (χ2v) is 23.1. The summed E-state index contributed by atoms with van der Waals surface area (Å²) >= 11 is 0. The maximum atomic E-state index is 12.9. The van der Waals surface area contributed by atoms with E-state index in [9.17, 15) is 14.4 Å². The van der Waals surface area contributed by atoms with Gasteiger partial charge in [-0.3, -0.25) is 14.4 Å². The van der Waals surface area contributed by atoms with E-state index >= 15 is 0 Å². The van der Waals surface area contributed by atoms with Gasteiger partial charge in [0.25, 0.3) is 0 Å². The lowest BCUT2D eigenvalue weighted by atomic mass is 10.0. The van der Waals surface area contributed by atoms with Crippen molar-refractivity contribution < 1.29 is 28.6 Å². The molecule has 0 saturated heterocycles. The van der Waals surface area contributed by atoms with Crippen LogP contribution in [0.2, 0.25) is 0 Å². The van der Waals surface area contributed by atoms with E-state index in [1.54, 1.807) is 0 Å². The summed E-state index contributed by atoms with van der Waals surface area (Å²) in [5, 5.41) is 0. The minimum atomic E-state index is -0.784. The SMILES string of the molecule is CC/C=C\C/C=C\C/C=C\C/C=C\C/C=C\C/C=C\C/C=C\CCCCCCCCCC(=O)OCC(COC(=O)CCCCCCCCC)OC(=O)CCCCCCCCCCCCCCCC/C=C\C/C=C\C/C=C\CCCCCCC. The molecule has 0 N–H and O–H groups in total. The fraction of sp³-hybridized carbons (Fsp3) is 0.701. The Hall–Kier alpha value is -4.19. The van der Waals surface area contributed by atoms with Gasteiger partial charge in [-0.25, -0.2) is 0 Å². The van der Waals surface area contributed by atoms with Crippen LogP contribution in [-0.2, 0) is 28.6 Å². The molecule has 0 fully saturated rings. The lowest BCUT2D eigenvalue weighted by Gasteiger charge is -2.18. The lowest BCUT2D eigenvalue weighted by Crippen LogP contribution is -2.30. The highest BCUT2D eigenvalue weighted by molar-refractivity contribution is 5.71. The van der Waals surface area contributed by atoms with Crippen molar-refractivity contribution in [3.8, 4) is 0 Å². The Kier molecular flexibility index (Phi) is 66.7. The van der Waals surface area contributed by atoms with E-state index in [0.717, 1.165) is 122 Å². The molecule has 0 spiro atoms. The Morgan fingerprint density at radius 1 is 0.253 bits per heavy atom. The molecule has 0 aromatic carbocycles. The van der Waals surface area contributed by atoms with Gasteiger partial charge in [0.1, 0.15) is 13.2 Å². The maximum Gasteiger partial charge on any atom is 0.306 e. The molecule has 0 aliphatic carbocycles. The average molecular weight is 1150 g/mol. The van der Waals surface area contributed by atoms with E-state index in [1.807, 2.05) is 0 Å². The smallest absolute Gasteiger partial charge is 0.306 e. The fourth-order valence-corrected chi connectivity index (χ4v) is 9.73. The van der Waals surface area contributed by atoms with Gasteiger partial charge in [0.05, 0.1) is 0 Å². The van der Waals surface area contributed by atoms with Gasteiger partial charge in [0.15, 0.2) is 6.10 Å². The van der Waals surface area contributed by atoms with Gasteiger partial charge in [0.2, 0.25) is 0 Å². The first kappa shape index (κ1) is 78.8. The van der Waals surface area contributed by atoms with Gasteiger partial charge in [0, 0.05) is 19.3 Å². The van der Waals surface area contributed by atoms with Gasteiger partial charge >= 0.3 is 17.9 Å². The second-order valence-electron chi connectivity index (χ2n) is 23.1. The van der Waals surface area contributed by atoms with Crippen LogP contribution in [-0.4, -0.2) is 37.2 Å². The number of ether oxygens (including phenoxy) is 3. The molecule has 0 heterocycles. The van der Waals surface area contributed by atoms with E-state index in [-0.39, 0.29) is 31.1 Å². The molecule has 0 aliphatic rings. The molecular formula is C77H130O6. The Balaban J connectivity index is 4.14. The van der Waals surface area contributed by atoms with Crippen LogP contribution in [0.25, 0.3) is 0 Å². The molecule has 0 radical (unpaired) electrons. The highest BCUT2D eigenvalue weighted by atomic mass is 16.6. The molecule has 0 aliphatic heterocycles. The van der Waals surface area contributed by atoms with Crippen LogP contribution < -0.4 is 0 Å². The molecule has 0 aromatic heterocycles. The Morgan fingerprint density at radius 2 is 0.470 bits per heavy atom. The highest BCUT2D eigenvalue weighted by Crippen LogP contribution is 2.16. The quantitative estimate of drug-likeness (QED) is 0.0261. The molecule has 474 valence electrons. The first-order valence-electron chi connectivity index (χ1n) is 35.0. The van der Waals surface area contributed by atoms with E-state index < -0.39 is 6.10 Å². The Morgan fingerprint density at radius 3 is 0.735 bits per heavy atom. The third kappa shape index (κ3) is 68.5. The molecule has 0 rings (SSSR count). The summed E-state index contributed by atoms with van der Waals surface area (Å²) in [6, 6.07) is 0. The van der Waals surface area contributed by atoms with Gasteiger partial charge < -0.3 is 14.2 Å². The second kappa shape index (κ2) is 70.3. The number of allylic oxidation sites excluding steroid dienone is 20. The zero-order valence-electron chi connectivity index (χ0n) is 54.4. The largest absolute Gasteiger partial charge is 0.462 e. The summed E-state index contributed by atoms with van der Waals surface area (Å²) in [5.74, 6) is -0.892. The molecule has 1 atom stereocenters. The minimum Gasteiger partial charge on any atom is -0.462 e. The monoisotopic (exact) mass is 1150 g/mol. The van der Waals surface area contributed by atoms with Crippen molar-refractivity contribution in [1.82, 2.24) is 0 Å². The molecule has 0 saturated carbocycles. The zero-order chi connectivity index (χ0) is 59.9. The molecule has 0 amide bonds. The normalized spacial score (nSPS) is 12.9. The standard InChI is InChI=1S/C77H130O6/c1-4-7-10-13-16-18-20-22-24-26-28-30-32-34-36-38-40-42-44-46-48-50-52-54-56-58-61-64-67-70-76(79)82-73-74(72-81-75(78)69-66-63-60-15-12-9-6-3)83-77(80)71-68-65-62-59-57-55-53-51-49-47-45-43-41-39-37-35-33-31-29-27-25-23-21-19-17-14-11-8-5-2/h7,10,16,18,21-24,27-30,33-36,40,42,46,48,74H,4-6,8-9,11-15,17,19-20,25-26,31-32,37-39,41,43-45,47,49-73H2,1-3H3/b10-7-,18-16-,23-21-,24-22-,29-27-,30-28-,35-33-,36-34-,42-40-,48-46-. The lowest BCUT2D eigenvalue weighted by molar-refractivity contribution is -0.167. The van der Waals surface area contributed by atoms with Crippen molar-refractivity contribution in [2.75, 3.05) is 13.2 Å². The first-order valence-corrected chi connectivity index (χ1v) is 35.0. The van der Waals surface area contributed by atoms with Crippen LogP contribution in [0.4, 0.5) is 0 Å². The van der Waals surface area contributed by atoms with E-state index in [1.165, 1.54) is 167 Å². The number of hydrogen-bond acceptors (Lipinski definition) is 6.